The van der Waals surface area contributed by atoms with Crippen molar-refractivity contribution in [2.24, 2.45) is 5.84 Å². The first kappa shape index (κ1) is 12.2. The van der Waals surface area contributed by atoms with Crippen LogP contribution < -0.4 is 11.3 Å². The van der Waals surface area contributed by atoms with Gasteiger partial charge in [-0.1, -0.05) is 35.9 Å². The Morgan fingerprint density at radius 1 is 1.67 bits per heavy atom. The number of nitrogens with two attached hydrogens (primary N) is 1. The van der Waals surface area contributed by atoms with Crippen LogP contribution in [0.3, 0.4) is 0 Å². The Kier molecular flexibility index (Phi) is 4.27. The molecule has 1 aromatic carbocycles. The van der Waals surface area contributed by atoms with Gasteiger partial charge in [-0.2, -0.15) is 0 Å². The molecule has 15 heavy (non-hydrogen) atoms. The van der Waals surface area contributed by atoms with Gasteiger partial charge in [0.25, 0.3) is 0 Å². The molecule has 0 amide bonds. The quantitative estimate of drug-likeness (QED) is 0.472. The highest BCUT2D eigenvalue weighted by atomic mass is 35.5. The van der Waals surface area contributed by atoms with E-state index in [1.54, 1.807) is 12.1 Å². The number of hydrogen-bond acceptors (Lipinski definition) is 2. The summed E-state index contributed by atoms with van der Waals surface area (Å²) in [6.45, 7) is 5.62. The van der Waals surface area contributed by atoms with Crippen molar-refractivity contribution in [2.45, 2.75) is 19.4 Å². The Hall–Kier alpha value is -0.900. The molecule has 1 rings (SSSR count). The minimum absolute atomic E-state index is 0.130. The van der Waals surface area contributed by atoms with Crippen molar-refractivity contribution in [3.8, 4) is 0 Å². The van der Waals surface area contributed by atoms with Crippen LogP contribution in [0.25, 0.3) is 0 Å². The van der Waals surface area contributed by atoms with Gasteiger partial charge in [0, 0.05) is 6.04 Å². The van der Waals surface area contributed by atoms with E-state index in [1.165, 1.54) is 6.07 Å². The van der Waals surface area contributed by atoms with Gasteiger partial charge in [0.1, 0.15) is 5.82 Å². The van der Waals surface area contributed by atoms with Gasteiger partial charge >= 0.3 is 0 Å². The molecule has 1 aromatic rings. The van der Waals surface area contributed by atoms with E-state index in [9.17, 15) is 4.39 Å². The number of benzene rings is 1. The summed E-state index contributed by atoms with van der Waals surface area (Å²) in [6.07, 6.45) is 0.443. The Balaban J connectivity index is 2.88. The summed E-state index contributed by atoms with van der Waals surface area (Å²) >= 11 is 5.67. The van der Waals surface area contributed by atoms with Crippen LogP contribution in [0.4, 0.5) is 4.39 Å². The summed E-state index contributed by atoms with van der Waals surface area (Å²) in [5.74, 6) is 4.96. The predicted molar refractivity (Wildman–Crippen MR) is 61.0 cm³/mol. The standard InChI is InChI=1S/C11H14ClFN2/c1-7(2)10(15-14)6-8-4-3-5-9(12)11(8)13/h3-5,10,15H,1,6,14H2,2H3. The molecule has 1 atom stereocenters. The fourth-order valence-electron chi connectivity index (χ4n) is 1.30. The maximum atomic E-state index is 13.5. The van der Waals surface area contributed by atoms with Crippen molar-refractivity contribution in [3.05, 3.63) is 46.8 Å². The third-order valence-electron chi connectivity index (χ3n) is 2.25. The monoisotopic (exact) mass is 228 g/mol. The second kappa shape index (κ2) is 5.26. The van der Waals surface area contributed by atoms with E-state index in [0.29, 0.717) is 12.0 Å². The topological polar surface area (TPSA) is 38.0 Å². The van der Waals surface area contributed by atoms with Gasteiger partial charge in [-0.15, -0.1) is 0 Å². The minimum atomic E-state index is -0.388. The molecule has 0 heterocycles. The molecule has 2 nitrogen and oxygen atoms in total. The predicted octanol–water partition coefficient (Wildman–Crippen LogP) is 2.43. The highest BCUT2D eigenvalue weighted by Crippen LogP contribution is 2.19. The highest BCUT2D eigenvalue weighted by Gasteiger charge is 2.12. The van der Waals surface area contributed by atoms with Crippen molar-refractivity contribution < 1.29 is 4.39 Å². The summed E-state index contributed by atoms with van der Waals surface area (Å²) in [5.41, 5.74) is 3.98. The molecule has 3 N–H and O–H groups in total. The zero-order valence-corrected chi connectivity index (χ0v) is 9.31. The van der Waals surface area contributed by atoms with Crippen molar-refractivity contribution in [1.29, 1.82) is 0 Å². The molecule has 0 bridgehead atoms. The van der Waals surface area contributed by atoms with Crippen LogP contribution in [0.2, 0.25) is 5.02 Å². The van der Waals surface area contributed by atoms with E-state index in [0.717, 1.165) is 5.57 Å². The Morgan fingerprint density at radius 3 is 2.87 bits per heavy atom. The Labute approximate surface area is 93.9 Å². The minimum Gasteiger partial charge on any atom is -0.271 e. The summed E-state index contributed by atoms with van der Waals surface area (Å²) in [7, 11) is 0. The van der Waals surface area contributed by atoms with E-state index in [-0.39, 0.29) is 16.9 Å². The summed E-state index contributed by atoms with van der Waals surface area (Å²) in [4.78, 5) is 0. The molecule has 0 aromatic heterocycles. The number of halogens is 2. The zero-order valence-electron chi connectivity index (χ0n) is 8.56. The third kappa shape index (κ3) is 3.02. The van der Waals surface area contributed by atoms with Gasteiger partial charge in [-0.05, 0) is 25.0 Å². The molecule has 82 valence electrons. The fraction of sp³-hybridized carbons (Fsp3) is 0.273. The summed E-state index contributed by atoms with van der Waals surface area (Å²) in [5, 5.41) is 0.130. The van der Waals surface area contributed by atoms with Gasteiger partial charge < -0.3 is 0 Å². The van der Waals surface area contributed by atoms with E-state index in [2.05, 4.69) is 12.0 Å². The second-order valence-corrected chi connectivity index (χ2v) is 3.89. The van der Waals surface area contributed by atoms with Crippen LogP contribution in [0, 0.1) is 5.82 Å². The summed E-state index contributed by atoms with van der Waals surface area (Å²) < 4.78 is 13.5. The molecule has 0 aliphatic carbocycles. The smallest absolute Gasteiger partial charge is 0.145 e. The number of rotatable bonds is 4. The molecule has 0 fully saturated rings. The van der Waals surface area contributed by atoms with Crippen molar-refractivity contribution >= 4 is 11.6 Å². The molecule has 0 spiro atoms. The molecule has 4 heteroatoms. The lowest BCUT2D eigenvalue weighted by atomic mass is 10.0. The Bertz CT molecular complexity index is 366. The lowest BCUT2D eigenvalue weighted by Crippen LogP contribution is -2.37. The van der Waals surface area contributed by atoms with Crippen molar-refractivity contribution in [3.63, 3.8) is 0 Å². The molecule has 0 aliphatic heterocycles. The highest BCUT2D eigenvalue weighted by molar-refractivity contribution is 6.30. The van der Waals surface area contributed by atoms with Gasteiger partial charge in [-0.25, -0.2) is 4.39 Å². The van der Waals surface area contributed by atoms with Crippen LogP contribution in [0.5, 0.6) is 0 Å². The van der Waals surface area contributed by atoms with E-state index in [1.807, 2.05) is 6.92 Å². The molecule has 0 saturated heterocycles. The third-order valence-corrected chi connectivity index (χ3v) is 2.54. The molecule has 0 aliphatic rings. The van der Waals surface area contributed by atoms with Crippen LogP contribution in [0.15, 0.2) is 30.4 Å². The van der Waals surface area contributed by atoms with Crippen LogP contribution in [0.1, 0.15) is 12.5 Å². The SMILES string of the molecule is C=C(C)C(Cc1cccc(Cl)c1F)NN. The van der Waals surface area contributed by atoms with Crippen LogP contribution in [-0.4, -0.2) is 6.04 Å². The van der Waals surface area contributed by atoms with Crippen molar-refractivity contribution in [2.75, 3.05) is 0 Å². The number of nitrogens with one attached hydrogen (secondary N) is 1. The van der Waals surface area contributed by atoms with Gasteiger partial charge in [0.05, 0.1) is 5.02 Å². The average molecular weight is 229 g/mol. The van der Waals surface area contributed by atoms with E-state index < -0.39 is 0 Å². The molecule has 0 radical (unpaired) electrons. The second-order valence-electron chi connectivity index (χ2n) is 3.48. The average Bonchev–Trinajstić information content (AvgIpc) is 2.19. The van der Waals surface area contributed by atoms with Gasteiger partial charge in [-0.3, -0.25) is 11.3 Å². The van der Waals surface area contributed by atoms with E-state index in [4.69, 9.17) is 17.4 Å². The van der Waals surface area contributed by atoms with E-state index >= 15 is 0 Å². The maximum absolute atomic E-state index is 13.5. The fourth-order valence-corrected chi connectivity index (χ4v) is 1.50. The summed E-state index contributed by atoms with van der Waals surface area (Å²) in [6, 6.07) is 4.78. The van der Waals surface area contributed by atoms with Gasteiger partial charge in [0.15, 0.2) is 0 Å². The number of hydrogen-bond donors (Lipinski definition) is 2. The maximum Gasteiger partial charge on any atom is 0.145 e. The molecular weight excluding hydrogens is 215 g/mol. The zero-order chi connectivity index (χ0) is 11.4. The Morgan fingerprint density at radius 2 is 2.33 bits per heavy atom. The van der Waals surface area contributed by atoms with Crippen molar-refractivity contribution in [1.82, 2.24) is 5.43 Å². The number of hydrazine groups is 1. The van der Waals surface area contributed by atoms with Gasteiger partial charge in [0.2, 0.25) is 0 Å². The molecular formula is C11H14ClFN2. The lowest BCUT2D eigenvalue weighted by molar-refractivity contribution is 0.557. The molecule has 1 unspecified atom stereocenters. The molecule has 0 saturated carbocycles. The van der Waals surface area contributed by atoms with Crippen LogP contribution in [-0.2, 0) is 6.42 Å². The normalized spacial score (nSPS) is 12.5. The van der Waals surface area contributed by atoms with Crippen LogP contribution >= 0.6 is 11.6 Å². The first-order valence-electron chi connectivity index (χ1n) is 4.60. The first-order valence-corrected chi connectivity index (χ1v) is 4.98. The lowest BCUT2D eigenvalue weighted by Gasteiger charge is -2.16. The first-order chi connectivity index (χ1) is 7.06. The largest absolute Gasteiger partial charge is 0.271 e.